The molecule has 0 radical (unpaired) electrons. The smallest absolute Gasteiger partial charge is 0.141 e. The van der Waals surface area contributed by atoms with Crippen LogP contribution in [-0.2, 0) is 6.42 Å². The molecule has 0 N–H and O–H groups in total. The lowest BCUT2D eigenvalue weighted by Crippen LogP contribution is -2.32. The Bertz CT molecular complexity index is 686. The summed E-state index contributed by atoms with van der Waals surface area (Å²) in [6.07, 6.45) is 3.06. The maximum Gasteiger partial charge on any atom is 0.141 e. The molecular formula is C19H25NO2. The van der Waals surface area contributed by atoms with Crippen molar-refractivity contribution >= 4 is 10.9 Å². The van der Waals surface area contributed by atoms with Gasteiger partial charge in [-0.15, -0.1) is 0 Å². The first-order valence-electron chi connectivity index (χ1n) is 8.05. The summed E-state index contributed by atoms with van der Waals surface area (Å²) in [7, 11) is 0. The summed E-state index contributed by atoms with van der Waals surface area (Å²) in [6, 6.07) is 6.14. The molecule has 0 saturated carbocycles. The fourth-order valence-electron chi connectivity index (χ4n) is 2.94. The Kier molecular flexibility index (Phi) is 3.75. The van der Waals surface area contributed by atoms with Crippen molar-refractivity contribution in [2.24, 2.45) is 11.3 Å². The van der Waals surface area contributed by atoms with Gasteiger partial charge in [-0.2, -0.15) is 0 Å². The van der Waals surface area contributed by atoms with Gasteiger partial charge in [0.2, 0.25) is 0 Å². The normalized spacial score (nSPS) is 18.2. The van der Waals surface area contributed by atoms with Gasteiger partial charge in [0.05, 0.1) is 24.4 Å². The van der Waals surface area contributed by atoms with Gasteiger partial charge < -0.3 is 9.47 Å². The first-order chi connectivity index (χ1) is 10.3. The third kappa shape index (κ3) is 2.90. The Balaban J connectivity index is 2.06. The van der Waals surface area contributed by atoms with Crippen molar-refractivity contribution in [2.45, 2.75) is 47.1 Å². The van der Waals surface area contributed by atoms with Crippen LogP contribution in [0.15, 0.2) is 24.4 Å². The molecule has 118 valence electrons. The van der Waals surface area contributed by atoms with E-state index >= 15 is 0 Å². The van der Waals surface area contributed by atoms with Crippen LogP contribution in [0.1, 0.15) is 40.2 Å². The van der Waals surface area contributed by atoms with Crippen molar-refractivity contribution in [3.8, 4) is 11.5 Å². The summed E-state index contributed by atoms with van der Waals surface area (Å²) in [6.45, 7) is 11.7. The summed E-state index contributed by atoms with van der Waals surface area (Å²) in [5, 5.41) is 1.16. The van der Waals surface area contributed by atoms with Crippen molar-refractivity contribution in [3.05, 3.63) is 30.0 Å². The second kappa shape index (κ2) is 5.45. The number of aromatic nitrogens is 1. The molecule has 2 heterocycles. The number of benzene rings is 1. The molecule has 0 amide bonds. The van der Waals surface area contributed by atoms with Crippen LogP contribution in [0.4, 0.5) is 0 Å². The van der Waals surface area contributed by atoms with E-state index in [1.54, 1.807) is 0 Å². The van der Waals surface area contributed by atoms with Gasteiger partial charge in [-0.3, -0.25) is 4.98 Å². The molecule has 2 aromatic rings. The zero-order chi connectivity index (χ0) is 15.9. The van der Waals surface area contributed by atoms with Gasteiger partial charge in [0, 0.05) is 16.9 Å². The Morgan fingerprint density at radius 3 is 2.73 bits per heavy atom. The molecule has 3 heteroatoms. The lowest BCUT2D eigenvalue weighted by atomic mass is 9.76. The Labute approximate surface area is 132 Å². The lowest BCUT2D eigenvalue weighted by Gasteiger charge is -2.35. The van der Waals surface area contributed by atoms with Crippen molar-refractivity contribution in [2.75, 3.05) is 6.61 Å². The van der Waals surface area contributed by atoms with Crippen LogP contribution in [-0.4, -0.2) is 17.7 Å². The monoisotopic (exact) mass is 299 g/mol. The van der Waals surface area contributed by atoms with Gasteiger partial charge in [-0.1, -0.05) is 20.8 Å². The summed E-state index contributed by atoms with van der Waals surface area (Å²) >= 11 is 0. The number of ether oxygens (including phenoxy) is 2. The van der Waals surface area contributed by atoms with Crippen molar-refractivity contribution < 1.29 is 9.47 Å². The van der Waals surface area contributed by atoms with Gasteiger partial charge in [0.1, 0.15) is 11.5 Å². The van der Waals surface area contributed by atoms with Crippen LogP contribution in [0, 0.1) is 11.3 Å². The largest absolute Gasteiger partial charge is 0.491 e. The number of hydrogen-bond acceptors (Lipinski definition) is 3. The SMILES string of the molecule is CC(C)Oc1ccc2ncc3c(c2c1)CC(C(C)(C)C)CO3. The molecule has 1 aromatic carbocycles. The number of rotatable bonds is 2. The van der Waals surface area contributed by atoms with Gasteiger partial charge in [0.15, 0.2) is 0 Å². The highest BCUT2D eigenvalue weighted by atomic mass is 16.5. The summed E-state index contributed by atoms with van der Waals surface area (Å²) in [4.78, 5) is 4.52. The third-order valence-corrected chi connectivity index (χ3v) is 4.40. The van der Waals surface area contributed by atoms with E-state index in [4.69, 9.17) is 9.47 Å². The highest BCUT2D eigenvalue weighted by molar-refractivity contribution is 5.85. The van der Waals surface area contributed by atoms with Crippen molar-refractivity contribution in [3.63, 3.8) is 0 Å². The fraction of sp³-hybridized carbons (Fsp3) is 0.526. The van der Waals surface area contributed by atoms with E-state index in [-0.39, 0.29) is 11.5 Å². The zero-order valence-corrected chi connectivity index (χ0v) is 14.1. The topological polar surface area (TPSA) is 31.4 Å². The predicted octanol–water partition coefficient (Wildman–Crippen LogP) is 4.62. The van der Waals surface area contributed by atoms with Crippen LogP contribution in [0.25, 0.3) is 10.9 Å². The van der Waals surface area contributed by atoms with Gasteiger partial charge >= 0.3 is 0 Å². The Morgan fingerprint density at radius 1 is 1.27 bits per heavy atom. The van der Waals surface area contributed by atoms with Crippen LogP contribution >= 0.6 is 0 Å². The van der Waals surface area contributed by atoms with E-state index < -0.39 is 0 Å². The quantitative estimate of drug-likeness (QED) is 0.811. The van der Waals surface area contributed by atoms with Gasteiger partial charge in [-0.25, -0.2) is 0 Å². The molecule has 0 fully saturated rings. The average Bonchev–Trinajstić information content (AvgIpc) is 2.45. The molecule has 1 aliphatic heterocycles. The Hall–Kier alpha value is -1.77. The number of hydrogen-bond donors (Lipinski definition) is 0. The van der Waals surface area contributed by atoms with Gasteiger partial charge in [0.25, 0.3) is 0 Å². The van der Waals surface area contributed by atoms with Crippen LogP contribution in [0.3, 0.4) is 0 Å². The molecule has 3 nitrogen and oxygen atoms in total. The van der Waals surface area contributed by atoms with E-state index in [9.17, 15) is 0 Å². The summed E-state index contributed by atoms with van der Waals surface area (Å²) in [5.74, 6) is 2.34. The highest BCUT2D eigenvalue weighted by Crippen LogP contribution is 2.39. The summed E-state index contributed by atoms with van der Waals surface area (Å²) in [5.41, 5.74) is 2.51. The van der Waals surface area contributed by atoms with Crippen molar-refractivity contribution in [1.29, 1.82) is 0 Å². The Morgan fingerprint density at radius 2 is 2.05 bits per heavy atom. The second-order valence-corrected chi connectivity index (χ2v) is 7.52. The zero-order valence-electron chi connectivity index (χ0n) is 14.1. The molecule has 1 atom stereocenters. The molecule has 22 heavy (non-hydrogen) atoms. The van der Waals surface area contributed by atoms with Crippen molar-refractivity contribution in [1.82, 2.24) is 4.98 Å². The first kappa shape index (κ1) is 15.1. The van der Waals surface area contributed by atoms with Crippen LogP contribution in [0.2, 0.25) is 0 Å². The molecule has 1 aromatic heterocycles. The standard InChI is InChI=1S/C19H25NO2/c1-12(2)22-14-6-7-17-15(9-14)16-8-13(19(3,4)5)11-21-18(16)10-20-17/h6-7,9-10,12-13H,8,11H2,1-5H3. The predicted molar refractivity (Wildman–Crippen MR) is 89.7 cm³/mol. The van der Waals surface area contributed by atoms with Crippen LogP contribution < -0.4 is 9.47 Å². The number of fused-ring (bicyclic) bond motifs is 3. The average molecular weight is 299 g/mol. The molecule has 0 saturated heterocycles. The molecule has 3 rings (SSSR count). The number of pyridine rings is 1. The van der Waals surface area contributed by atoms with Crippen LogP contribution in [0.5, 0.6) is 11.5 Å². The van der Waals surface area contributed by atoms with E-state index in [1.807, 2.05) is 32.2 Å². The van der Waals surface area contributed by atoms with E-state index in [0.29, 0.717) is 5.92 Å². The molecule has 0 aliphatic carbocycles. The van der Waals surface area contributed by atoms with E-state index in [1.165, 1.54) is 5.56 Å². The number of nitrogens with zero attached hydrogens (tertiary/aromatic N) is 1. The lowest BCUT2D eigenvalue weighted by molar-refractivity contribution is 0.127. The highest BCUT2D eigenvalue weighted by Gasteiger charge is 2.31. The maximum absolute atomic E-state index is 5.99. The summed E-state index contributed by atoms with van der Waals surface area (Å²) < 4.78 is 11.8. The maximum atomic E-state index is 5.99. The third-order valence-electron chi connectivity index (χ3n) is 4.40. The minimum atomic E-state index is 0.170. The van der Waals surface area contributed by atoms with Gasteiger partial charge in [-0.05, 0) is 43.9 Å². The fourth-order valence-corrected chi connectivity index (χ4v) is 2.94. The minimum absolute atomic E-state index is 0.170. The first-order valence-corrected chi connectivity index (χ1v) is 8.05. The molecular weight excluding hydrogens is 274 g/mol. The minimum Gasteiger partial charge on any atom is -0.491 e. The molecule has 0 bridgehead atoms. The van der Waals surface area contributed by atoms with E-state index in [2.05, 4.69) is 31.8 Å². The molecule has 1 aliphatic rings. The molecule has 1 unspecified atom stereocenters. The van der Waals surface area contributed by atoms with E-state index in [0.717, 1.165) is 35.4 Å². The molecule has 0 spiro atoms. The second-order valence-electron chi connectivity index (χ2n) is 7.52.